The SMILES string of the molecule is CCc1nc(/C=C(\C)C(C)C)cs1. The number of hydrogen-bond donors (Lipinski definition) is 0. The number of rotatable bonds is 3. The van der Waals surface area contributed by atoms with E-state index in [2.05, 4.69) is 44.1 Å². The van der Waals surface area contributed by atoms with Gasteiger partial charge < -0.3 is 0 Å². The van der Waals surface area contributed by atoms with Crippen molar-refractivity contribution in [3.8, 4) is 0 Å². The van der Waals surface area contributed by atoms with E-state index in [9.17, 15) is 0 Å². The first-order valence-corrected chi connectivity index (χ1v) is 5.64. The van der Waals surface area contributed by atoms with Crippen molar-refractivity contribution >= 4 is 17.4 Å². The van der Waals surface area contributed by atoms with Crippen molar-refractivity contribution in [2.45, 2.75) is 34.1 Å². The van der Waals surface area contributed by atoms with Crippen molar-refractivity contribution in [1.29, 1.82) is 0 Å². The molecular weight excluding hydrogens is 178 g/mol. The van der Waals surface area contributed by atoms with E-state index in [1.807, 2.05) is 0 Å². The van der Waals surface area contributed by atoms with Gasteiger partial charge in [-0.3, -0.25) is 0 Å². The Kier molecular flexibility index (Phi) is 3.67. The highest BCUT2D eigenvalue weighted by Crippen LogP contribution is 2.16. The van der Waals surface area contributed by atoms with Crippen LogP contribution in [-0.2, 0) is 6.42 Å². The first-order valence-electron chi connectivity index (χ1n) is 4.76. The molecular formula is C11H17NS. The number of thiazole rings is 1. The lowest BCUT2D eigenvalue weighted by atomic mass is 10.0. The largest absolute Gasteiger partial charge is 0.242 e. The summed E-state index contributed by atoms with van der Waals surface area (Å²) in [7, 11) is 0. The quantitative estimate of drug-likeness (QED) is 0.715. The van der Waals surface area contributed by atoms with E-state index in [4.69, 9.17) is 0 Å². The summed E-state index contributed by atoms with van der Waals surface area (Å²) in [6, 6.07) is 0. The molecule has 2 heteroatoms. The van der Waals surface area contributed by atoms with Crippen molar-refractivity contribution in [3.63, 3.8) is 0 Å². The van der Waals surface area contributed by atoms with Gasteiger partial charge in [0, 0.05) is 5.38 Å². The molecule has 13 heavy (non-hydrogen) atoms. The van der Waals surface area contributed by atoms with Gasteiger partial charge in [0.15, 0.2) is 0 Å². The third-order valence-corrected chi connectivity index (χ3v) is 3.17. The number of aryl methyl sites for hydroxylation is 1. The van der Waals surface area contributed by atoms with Crippen LogP contribution in [0.3, 0.4) is 0 Å². The highest BCUT2D eigenvalue weighted by molar-refractivity contribution is 7.09. The summed E-state index contributed by atoms with van der Waals surface area (Å²) < 4.78 is 0. The monoisotopic (exact) mass is 195 g/mol. The van der Waals surface area contributed by atoms with Crippen molar-refractivity contribution in [1.82, 2.24) is 4.98 Å². The van der Waals surface area contributed by atoms with Gasteiger partial charge in [-0.25, -0.2) is 4.98 Å². The van der Waals surface area contributed by atoms with E-state index in [-0.39, 0.29) is 0 Å². The molecule has 0 saturated carbocycles. The molecule has 0 aromatic carbocycles. The van der Waals surface area contributed by atoms with Crippen LogP contribution in [0.25, 0.3) is 6.08 Å². The van der Waals surface area contributed by atoms with Crippen LogP contribution in [0.4, 0.5) is 0 Å². The first-order chi connectivity index (χ1) is 6.13. The Morgan fingerprint density at radius 1 is 1.62 bits per heavy atom. The summed E-state index contributed by atoms with van der Waals surface area (Å²) in [6.45, 7) is 8.72. The summed E-state index contributed by atoms with van der Waals surface area (Å²) in [5.74, 6) is 0.617. The van der Waals surface area contributed by atoms with Crippen LogP contribution in [0.15, 0.2) is 11.0 Å². The van der Waals surface area contributed by atoms with E-state index >= 15 is 0 Å². The van der Waals surface area contributed by atoms with Crippen LogP contribution in [0.2, 0.25) is 0 Å². The predicted octanol–water partition coefficient (Wildman–Crippen LogP) is 3.76. The zero-order valence-electron chi connectivity index (χ0n) is 8.79. The molecule has 0 aliphatic rings. The number of hydrogen-bond acceptors (Lipinski definition) is 2. The molecule has 0 fully saturated rings. The lowest BCUT2D eigenvalue weighted by Gasteiger charge is -2.02. The molecule has 1 nitrogen and oxygen atoms in total. The lowest BCUT2D eigenvalue weighted by Crippen LogP contribution is -1.88. The minimum absolute atomic E-state index is 0.617. The summed E-state index contributed by atoms with van der Waals surface area (Å²) in [5.41, 5.74) is 2.51. The fourth-order valence-electron chi connectivity index (χ4n) is 0.954. The van der Waals surface area contributed by atoms with E-state index in [0.717, 1.165) is 12.1 Å². The van der Waals surface area contributed by atoms with Gasteiger partial charge in [-0.1, -0.05) is 26.3 Å². The number of nitrogens with zero attached hydrogens (tertiary/aromatic N) is 1. The maximum Gasteiger partial charge on any atom is 0.0929 e. The van der Waals surface area contributed by atoms with Crippen molar-refractivity contribution < 1.29 is 0 Å². The molecule has 0 radical (unpaired) electrons. The molecule has 0 saturated heterocycles. The topological polar surface area (TPSA) is 12.9 Å². The molecule has 0 unspecified atom stereocenters. The summed E-state index contributed by atoms with van der Waals surface area (Å²) in [6.07, 6.45) is 3.22. The number of allylic oxidation sites excluding steroid dienone is 1. The molecule has 1 rings (SSSR count). The van der Waals surface area contributed by atoms with Crippen LogP contribution in [0.1, 0.15) is 38.4 Å². The summed E-state index contributed by atoms with van der Waals surface area (Å²) in [4.78, 5) is 4.49. The van der Waals surface area contributed by atoms with E-state index in [0.29, 0.717) is 5.92 Å². The van der Waals surface area contributed by atoms with Gasteiger partial charge in [-0.15, -0.1) is 11.3 Å². The first kappa shape index (κ1) is 10.5. The Morgan fingerprint density at radius 2 is 2.31 bits per heavy atom. The Morgan fingerprint density at radius 3 is 2.77 bits per heavy atom. The number of aromatic nitrogens is 1. The fourth-order valence-corrected chi connectivity index (χ4v) is 1.66. The molecule has 0 aliphatic heterocycles. The van der Waals surface area contributed by atoms with E-state index in [1.165, 1.54) is 10.6 Å². The highest BCUT2D eigenvalue weighted by Gasteiger charge is 2.00. The molecule has 0 atom stereocenters. The Bertz CT molecular complexity index is 297. The van der Waals surface area contributed by atoms with Gasteiger partial charge in [0.25, 0.3) is 0 Å². The Labute approximate surface area is 84.5 Å². The smallest absolute Gasteiger partial charge is 0.0929 e. The van der Waals surface area contributed by atoms with Crippen molar-refractivity contribution in [2.75, 3.05) is 0 Å². The maximum absolute atomic E-state index is 4.49. The van der Waals surface area contributed by atoms with Gasteiger partial charge in [-0.2, -0.15) is 0 Å². The van der Waals surface area contributed by atoms with Gasteiger partial charge in [0.2, 0.25) is 0 Å². The maximum atomic E-state index is 4.49. The second-order valence-corrected chi connectivity index (χ2v) is 4.51. The van der Waals surface area contributed by atoms with Gasteiger partial charge in [-0.05, 0) is 25.3 Å². The van der Waals surface area contributed by atoms with Crippen molar-refractivity contribution in [2.24, 2.45) is 5.92 Å². The molecule has 1 aromatic heterocycles. The zero-order valence-corrected chi connectivity index (χ0v) is 9.61. The fraction of sp³-hybridized carbons (Fsp3) is 0.545. The van der Waals surface area contributed by atoms with Crippen LogP contribution in [-0.4, -0.2) is 4.98 Å². The molecule has 0 aliphatic carbocycles. The summed E-state index contributed by atoms with van der Waals surface area (Å²) in [5, 5.41) is 3.35. The van der Waals surface area contributed by atoms with Crippen LogP contribution >= 0.6 is 11.3 Å². The average molecular weight is 195 g/mol. The lowest BCUT2D eigenvalue weighted by molar-refractivity contribution is 0.775. The van der Waals surface area contributed by atoms with E-state index in [1.54, 1.807) is 11.3 Å². The molecule has 0 spiro atoms. The molecule has 0 amide bonds. The third-order valence-electron chi connectivity index (χ3n) is 2.16. The normalized spacial score (nSPS) is 12.5. The van der Waals surface area contributed by atoms with Gasteiger partial charge in [0.05, 0.1) is 10.7 Å². The van der Waals surface area contributed by atoms with Gasteiger partial charge in [0.1, 0.15) is 0 Å². The molecule has 1 aromatic rings. The summed E-state index contributed by atoms with van der Waals surface area (Å²) >= 11 is 1.75. The Balaban J connectivity index is 2.79. The molecule has 0 N–H and O–H groups in total. The Hall–Kier alpha value is -0.630. The zero-order chi connectivity index (χ0) is 9.84. The van der Waals surface area contributed by atoms with Gasteiger partial charge >= 0.3 is 0 Å². The second kappa shape index (κ2) is 4.56. The second-order valence-electron chi connectivity index (χ2n) is 3.56. The molecule has 0 bridgehead atoms. The van der Waals surface area contributed by atoms with Crippen LogP contribution < -0.4 is 0 Å². The third kappa shape index (κ3) is 2.96. The minimum Gasteiger partial charge on any atom is -0.242 e. The standard InChI is InChI=1S/C11H17NS/c1-5-11-12-10(7-13-11)6-9(4)8(2)3/h6-8H,5H2,1-4H3/b9-6+. The molecule has 1 heterocycles. The molecule has 72 valence electrons. The van der Waals surface area contributed by atoms with Crippen molar-refractivity contribution in [3.05, 3.63) is 21.7 Å². The minimum atomic E-state index is 0.617. The van der Waals surface area contributed by atoms with E-state index < -0.39 is 0 Å². The van der Waals surface area contributed by atoms with Crippen LogP contribution in [0, 0.1) is 5.92 Å². The predicted molar refractivity (Wildman–Crippen MR) is 60.0 cm³/mol. The van der Waals surface area contributed by atoms with Crippen LogP contribution in [0.5, 0.6) is 0 Å². The average Bonchev–Trinajstić information content (AvgIpc) is 2.52. The highest BCUT2D eigenvalue weighted by atomic mass is 32.1.